The highest BCUT2D eigenvalue weighted by Gasteiger charge is 2.33. The van der Waals surface area contributed by atoms with Gasteiger partial charge < -0.3 is 0 Å². The van der Waals surface area contributed by atoms with E-state index in [0.29, 0.717) is 12.1 Å². The van der Waals surface area contributed by atoms with Gasteiger partial charge in [0.2, 0.25) is 0 Å². The standard InChI is InChI=1S/C16H15F3N2/c1-2-14(12-8-4-3-5-9-12)20-21-15-11-7-6-10-13(15)16(17,18)19/h3-11,21H,2H2,1H3/b20-14+. The summed E-state index contributed by atoms with van der Waals surface area (Å²) in [5.74, 6) is 0. The van der Waals surface area contributed by atoms with Crippen LogP contribution in [0.4, 0.5) is 18.9 Å². The molecule has 0 fully saturated rings. The van der Waals surface area contributed by atoms with Gasteiger partial charge in [-0.2, -0.15) is 18.3 Å². The predicted molar refractivity (Wildman–Crippen MR) is 78.3 cm³/mol. The fourth-order valence-electron chi connectivity index (χ4n) is 1.93. The van der Waals surface area contributed by atoms with E-state index in [1.165, 1.54) is 12.1 Å². The highest BCUT2D eigenvalue weighted by Crippen LogP contribution is 2.34. The maximum atomic E-state index is 12.9. The molecule has 2 rings (SSSR count). The normalized spacial score (nSPS) is 12.3. The topological polar surface area (TPSA) is 24.4 Å². The number of hydrogen-bond donors (Lipinski definition) is 1. The minimum Gasteiger partial charge on any atom is -0.278 e. The van der Waals surface area contributed by atoms with E-state index < -0.39 is 11.7 Å². The third kappa shape index (κ3) is 3.84. The first-order chi connectivity index (χ1) is 10.0. The Morgan fingerprint density at radius 3 is 2.24 bits per heavy atom. The van der Waals surface area contributed by atoms with Gasteiger partial charge in [0.1, 0.15) is 0 Å². The van der Waals surface area contributed by atoms with Crippen LogP contribution in [0.15, 0.2) is 59.7 Å². The van der Waals surface area contributed by atoms with Gasteiger partial charge in [0.05, 0.1) is 17.0 Å². The summed E-state index contributed by atoms with van der Waals surface area (Å²) in [4.78, 5) is 0. The Morgan fingerprint density at radius 1 is 1.00 bits per heavy atom. The van der Waals surface area contributed by atoms with Gasteiger partial charge in [-0.05, 0) is 24.1 Å². The Hall–Kier alpha value is -2.30. The Kier molecular flexibility index (Phi) is 4.62. The summed E-state index contributed by atoms with van der Waals surface area (Å²) in [6, 6.07) is 14.7. The molecule has 0 aliphatic carbocycles. The Bertz CT molecular complexity index is 619. The van der Waals surface area contributed by atoms with Crippen LogP contribution in [0, 0.1) is 0 Å². The van der Waals surface area contributed by atoms with Crippen molar-refractivity contribution in [2.24, 2.45) is 5.10 Å². The van der Waals surface area contributed by atoms with Crippen LogP contribution in [0.3, 0.4) is 0 Å². The van der Waals surface area contributed by atoms with Gasteiger partial charge in [-0.1, -0.05) is 49.4 Å². The number of alkyl halides is 3. The van der Waals surface area contributed by atoms with Gasteiger partial charge in [0, 0.05) is 0 Å². The minimum absolute atomic E-state index is 0.0492. The molecule has 0 unspecified atom stereocenters. The summed E-state index contributed by atoms with van der Waals surface area (Å²) in [7, 11) is 0. The molecule has 0 aromatic heterocycles. The van der Waals surface area contributed by atoms with Gasteiger partial charge in [0.15, 0.2) is 0 Å². The Morgan fingerprint density at radius 2 is 1.62 bits per heavy atom. The zero-order valence-electron chi connectivity index (χ0n) is 11.5. The summed E-state index contributed by atoms with van der Waals surface area (Å²) >= 11 is 0. The molecule has 0 saturated carbocycles. The molecule has 2 nitrogen and oxygen atoms in total. The van der Waals surface area contributed by atoms with E-state index in [1.54, 1.807) is 6.07 Å². The van der Waals surface area contributed by atoms with Crippen molar-refractivity contribution in [1.82, 2.24) is 0 Å². The van der Waals surface area contributed by atoms with Gasteiger partial charge in [-0.3, -0.25) is 5.43 Å². The van der Waals surface area contributed by atoms with E-state index in [9.17, 15) is 13.2 Å². The summed E-state index contributed by atoms with van der Waals surface area (Å²) in [6.07, 6.45) is -3.79. The molecule has 0 spiro atoms. The lowest BCUT2D eigenvalue weighted by atomic mass is 10.1. The Balaban J connectivity index is 2.28. The second kappa shape index (κ2) is 6.43. The molecule has 0 heterocycles. The maximum absolute atomic E-state index is 12.9. The van der Waals surface area contributed by atoms with E-state index in [2.05, 4.69) is 10.5 Å². The molecule has 21 heavy (non-hydrogen) atoms. The molecule has 0 radical (unpaired) electrons. The fourth-order valence-corrected chi connectivity index (χ4v) is 1.93. The molecule has 0 aliphatic heterocycles. The lowest BCUT2D eigenvalue weighted by molar-refractivity contribution is -0.136. The summed E-state index contributed by atoms with van der Waals surface area (Å²) in [6.45, 7) is 1.91. The molecule has 2 aromatic carbocycles. The summed E-state index contributed by atoms with van der Waals surface area (Å²) in [5.41, 5.74) is 3.35. The molecule has 110 valence electrons. The van der Waals surface area contributed by atoms with Crippen molar-refractivity contribution in [1.29, 1.82) is 0 Å². The number of para-hydroxylation sites is 1. The molecular formula is C16H15F3N2. The number of rotatable bonds is 4. The summed E-state index contributed by atoms with van der Waals surface area (Å²) < 4.78 is 38.7. The lowest BCUT2D eigenvalue weighted by Gasteiger charge is -2.12. The monoisotopic (exact) mass is 292 g/mol. The van der Waals surface area contributed by atoms with Gasteiger partial charge >= 0.3 is 6.18 Å². The van der Waals surface area contributed by atoms with Crippen molar-refractivity contribution in [3.8, 4) is 0 Å². The quantitative estimate of drug-likeness (QED) is 0.627. The average Bonchev–Trinajstić information content (AvgIpc) is 2.48. The zero-order chi connectivity index (χ0) is 15.3. The van der Waals surface area contributed by atoms with Gasteiger partial charge in [0.25, 0.3) is 0 Å². The largest absolute Gasteiger partial charge is 0.418 e. The van der Waals surface area contributed by atoms with Crippen LogP contribution in [0.5, 0.6) is 0 Å². The van der Waals surface area contributed by atoms with Crippen LogP contribution in [0.2, 0.25) is 0 Å². The average molecular weight is 292 g/mol. The van der Waals surface area contributed by atoms with Crippen molar-refractivity contribution in [2.45, 2.75) is 19.5 Å². The molecule has 2 aromatic rings. The number of anilines is 1. The number of nitrogens with zero attached hydrogens (tertiary/aromatic N) is 1. The SMILES string of the molecule is CC/C(=N\Nc1ccccc1C(F)(F)F)c1ccccc1. The first-order valence-electron chi connectivity index (χ1n) is 6.56. The fraction of sp³-hybridized carbons (Fsp3) is 0.188. The first-order valence-corrected chi connectivity index (χ1v) is 6.56. The summed E-state index contributed by atoms with van der Waals surface area (Å²) in [5, 5.41) is 4.12. The molecule has 1 N–H and O–H groups in total. The number of halogens is 3. The minimum atomic E-state index is -4.40. The van der Waals surface area contributed by atoms with Crippen molar-refractivity contribution in [3.05, 3.63) is 65.7 Å². The second-order valence-corrected chi connectivity index (χ2v) is 4.43. The number of hydrogen-bond acceptors (Lipinski definition) is 2. The number of nitrogens with one attached hydrogen (secondary N) is 1. The first kappa shape index (κ1) is 15.1. The molecule has 0 amide bonds. The van der Waals surface area contributed by atoms with Gasteiger partial charge in [-0.15, -0.1) is 0 Å². The van der Waals surface area contributed by atoms with E-state index in [-0.39, 0.29) is 5.69 Å². The molecule has 0 bridgehead atoms. The zero-order valence-corrected chi connectivity index (χ0v) is 11.5. The molecule has 0 aliphatic rings. The number of benzene rings is 2. The van der Waals surface area contributed by atoms with Crippen LogP contribution in [0.25, 0.3) is 0 Å². The van der Waals surface area contributed by atoms with E-state index in [0.717, 1.165) is 11.6 Å². The van der Waals surface area contributed by atoms with E-state index in [1.807, 2.05) is 37.3 Å². The lowest BCUT2D eigenvalue weighted by Crippen LogP contribution is -2.10. The number of hydrazone groups is 1. The van der Waals surface area contributed by atoms with Crippen LogP contribution < -0.4 is 5.43 Å². The molecular weight excluding hydrogens is 277 g/mol. The molecule has 0 atom stereocenters. The van der Waals surface area contributed by atoms with E-state index >= 15 is 0 Å². The highest BCUT2D eigenvalue weighted by atomic mass is 19.4. The van der Waals surface area contributed by atoms with E-state index in [4.69, 9.17) is 0 Å². The van der Waals surface area contributed by atoms with Crippen LogP contribution in [-0.4, -0.2) is 5.71 Å². The third-order valence-corrected chi connectivity index (χ3v) is 2.99. The van der Waals surface area contributed by atoms with Crippen molar-refractivity contribution >= 4 is 11.4 Å². The molecule has 5 heteroatoms. The highest BCUT2D eigenvalue weighted by molar-refractivity contribution is 6.00. The third-order valence-electron chi connectivity index (χ3n) is 2.99. The maximum Gasteiger partial charge on any atom is 0.418 e. The van der Waals surface area contributed by atoms with Crippen LogP contribution in [-0.2, 0) is 6.18 Å². The van der Waals surface area contributed by atoms with Crippen molar-refractivity contribution in [3.63, 3.8) is 0 Å². The Labute approximate surface area is 121 Å². The molecule has 0 saturated heterocycles. The van der Waals surface area contributed by atoms with Gasteiger partial charge in [-0.25, -0.2) is 0 Å². The second-order valence-electron chi connectivity index (χ2n) is 4.43. The predicted octanol–water partition coefficient (Wildman–Crippen LogP) is 4.93. The van der Waals surface area contributed by atoms with Crippen LogP contribution in [0.1, 0.15) is 24.5 Å². The van der Waals surface area contributed by atoms with Crippen molar-refractivity contribution < 1.29 is 13.2 Å². The smallest absolute Gasteiger partial charge is 0.278 e. The van der Waals surface area contributed by atoms with Crippen molar-refractivity contribution in [2.75, 3.05) is 5.43 Å². The van der Waals surface area contributed by atoms with Crippen LogP contribution >= 0.6 is 0 Å².